The molecule has 0 aliphatic heterocycles. The number of aliphatic hydroxyl groups is 1. The predicted octanol–water partition coefficient (Wildman–Crippen LogP) is 8.85. The van der Waals surface area contributed by atoms with E-state index in [0.717, 1.165) is 21.6 Å². The van der Waals surface area contributed by atoms with Crippen molar-refractivity contribution in [1.82, 2.24) is 4.98 Å². The molecule has 3 aromatic heterocycles. The molecule has 4 nitrogen and oxygen atoms in total. The Kier molecular flexibility index (Phi) is 8.51. The van der Waals surface area contributed by atoms with Gasteiger partial charge in [0, 0.05) is 44.8 Å². The first-order valence-electron chi connectivity index (χ1n) is 13.3. The van der Waals surface area contributed by atoms with Gasteiger partial charge in [-0.25, -0.2) is 4.98 Å². The number of nitrogens with zero attached hydrogens (tertiary/aromatic N) is 2. The molecule has 0 atom stereocenters. The molecule has 0 aliphatic carbocycles. The van der Waals surface area contributed by atoms with Crippen LogP contribution in [0.15, 0.2) is 115 Å². The van der Waals surface area contributed by atoms with Gasteiger partial charge >= 0.3 is 0 Å². The van der Waals surface area contributed by atoms with E-state index in [4.69, 9.17) is 5.11 Å². The topological polar surface area (TPSA) is 54.1 Å². The van der Waals surface area contributed by atoms with E-state index in [1.165, 1.54) is 62.7 Å². The second kappa shape index (κ2) is 12.3. The van der Waals surface area contributed by atoms with Crippen LogP contribution in [-0.2, 0) is 24.9 Å². The number of aliphatic hydroxyl groups excluding tert-OH is 1. The monoisotopic (exact) mass is 744 g/mol. The number of thiophene rings is 1. The Hall–Kier alpha value is -4.35. The number of carbonyl (C=O) groups excluding carboxylic acids is 1. The molecule has 0 bridgehead atoms. The zero-order valence-corrected chi connectivity index (χ0v) is 26.3. The third kappa shape index (κ3) is 5.45. The van der Waals surface area contributed by atoms with Crippen LogP contribution in [0.1, 0.15) is 13.8 Å². The molecular weight excluding hydrogens is 717 g/mol. The van der Waals surface area contributed by atoms with Gasteiger partial charge in [-0.3, -0.25) is 4.79 Å². The van der Waals surface area contributed by atoms with Crippen molar-refractivity contribution in [3.05, 3.63) is 128 Å². The molecule has 0 saturated heterocycles. The fourth-order valence-electron chi connectivity index (χ4n) is 5.30. The Morgan fingerprint density at radius 2 is 1.67 bits per heavy atom. The van der Waals surface area contributed by atoms with Gasteiger partial charge in [0.2, 0.25) is 0 Å². The van der Waals surface area contributed by atoms with Crippen molar-refractivity contribution < 1.29 is 34.6 Å². The number of aromatic nitrogens is 2. The summed E-state index contributed by atoms with van der Waals surface area (Å²) in [7, 11) is 4.51. The second-order valence-electron chi connectivity index (χ2n) is 9.87. The zero-order chi connectivity index (χ0) is 28.5. The number of rotatable bonds is 3. The van der Waals surface area contributed by atoms with Gasteiger partial charge in [0.05, 0.1) is 5.76 Å². The summed E-state index contributed by atoms with van der Waals surface area (Å²) in [4.78, 5) is 15.7. The van der Waals surface area contributed by atoms with Gasteiger partial charge in [-0.15, -0.1) is 18.2 Å². The number of fused-ring (bicyclic) bond motifs is 6. The van der Waals surface area contributed by atoms with Gasteiger partial charge in [-0.05, 0) is 64.0 Å². The number of hydrogen-bond donors (Lipinski definition) is 1. The second-order valence-corrected chi connectivity index (χ2v) is 10.9. The molecule has 7 rings (SSSR count). The van der Waals surface area contributed by atoms with Crippen LogP contribution in [0, 0.1) is 13.1 Å². The summed E-state index contributed by atoms with van der Waals surface area (Å²) in [6.45, 7) is 2.85. The maximum absolute atomic E-state index is 10.0. The summed E-state index contributed by atoms with van der Waals surface area (Å²) < 4.78 is 3.25. The summed E-state index contributed by atoms with van der Waals surface area (Å²) in [6, 6.07) is 37.7. The minimum Gasteiger partial charge on any atom is -0.512 e. The van der Waals surface area contributed by atoms with Crippen LogP contribution in [-0.4, -0.2) is 15.9 Å². The molecular formula is C36H27IrN2O2S-. The van der Waals surface area contributed by atoms with Crippen LogP contribution in [0.2, 0.25) is 0 Å². The molecule has 1 radical (unpaired) electrons. The van der Waals surface area contributed by atoms with Crippen molar-refractivity contribution in [3.8, 4) is 22.4 Å². The first-order chi connectivity index (χ1) is 19.9. The summed E-state index contributed by atoms with van der Waals surface area (Å²) in [5.74, 6) is -0.0625. The normalized spacial score (nSPS) is 11.3. The molecule has 209 valence electrons. The Bertz CT molecular complexity index is 2110. The molecule has 42 heavy (non-hydrogen) atoms. The van der Waals surface area contributed by atoms with Crippen molar-refractivity contribution in [2.75, 3.05) is 0 Å². The van der Waals surface area contributed by atoms with Crippen LogP contribution in [0.3, 0.4) is 0 Å². The van der Waals surface area contributed by atoms with Gasteiger partial charge in [-0.1, -0.05) is 77.7 Å². The van der Waals surface area contributed by atoms with E-state index < -0.39 is 0 Å². The first kappa shape index (κ1) is 29.2. The third-order valence-electron chi connectivity index (χ3n) is 7.00. The number of ketones is 1. The maximum Gasteiger partial charge on any atom is 0.155 e. The molecule has 0 spiro atoms. The molecule has 0 fully saturated rings. The standard InChI is InChI=1S/C31H19N2S.C5H8O2.Ir/c1-33-27-17-16-21-11-5-6-12-22(21)29(27)26(20-9-3-2-4-10-20)19-28(33)25-14-7-13-23-24-15-8-18-32-31(24)34-30(23)25;1-4(6)3-5(2)7;/h2-13,15-19H,1H2;3,6H,1-2H3;/q-1;;/b;4-3-;. The van der Waals surface area contributed by atoms with Gasteiger partial charge in [0.25, 0.3) is 0 Å². The molecule has 0 unspecified atom stereocenters. The van der Waals surface area contributed by atoms with E-state index in [-0.39, 0.29) is 31.6 Å². The fraction of sp³-hybridized carbons (Fsp3) is 0.0556. The molecule has 0 aliphatic rings. The number of allylic oxidation sites excluding steroid dienone is 2. The average molecular weight is 744 g/mol. The summed E-state index contributed by atoms with van der Waals surface area (Å²) in [5, 5.41) is 14.4. The Labute approximate surface area is 262 Å². The first-order valence-corrected chi connectivity index (χ1v) is 14.1. The van der Waals surface area contributed by atoms with Gasteiger partial charge in [0.1, 0.15) is 16.0 Å². The Morgan fingerprint density at radius 3 is 2.40 bits per heavy atom. The molecule has 6 heteroatoms. The van der Waals surface area contributed by atoms with Crippen LogP contribution < -0.4 is 4.57 Å². The summed E-state index contributed by atoms with van der Waals surface area (Å²) >= 11 is 1.72. The van der Waals surface area contributed by atoms with E-state index in [0.29, 0.717) is 0 Å². The summed E-state index contributed by atoms with van der Waals surface area (Å²) in [5.41, 5.74) is 5.59. The molecule has 0 saturated carbocycles. The Balaban J connectivity index is 0.000000396. The van der Waals surface area contributed by atoms with Gasteiger partial charge in [0.15, 0.2) is 5.78 Å². The average Bonchev–Trinajstić information content (AvgIpc) is 3.36. The van der Waals surface area contributed by atoms with E-state index in [1.54, 1.807) is 11.3 Å². The fourth-order valence-corrected chi connectivity index (χ4v) is 6.45. The van der Waals surface area contributed by atoms with E-state index in [1.807, 2.05) is 18.3 Å². The number of hydrogen-bond acceptors (Lipinski definition) is 4. The van der Waals surface area contributed by atoms with Crippen molar-refractivity contribution in [2.24, 2.45) is 0 Å². The molecule has 0 amide bonds. The maximum atomic E-state index is 10.0. The molecule has 7 aromatic rings. The van der Waals surface area contributed by atoms with E-state index in [9.17, 15) is 4.79 Å². The summed E-state index contributed by atoms with van der Waals surface area (Å²) in [6.07, 6.45) is 3.03. The number of carbonyl (C=O) groups is 1. The molecule has 1 N–H and O–H groups in total. The predicted molar refractivity (Wildman–Crippen MR) is 170 cm³/mol. The van der Waals surface area contributed by atoms with Gasteiger partial charge in [-0.2, -0.15) is 11.3 Å². The van der Waals surface area contributed by atoms with E-state index in [2.05, 4.69) is 108 Å². The van der Waals surface area contributed by atoms with Crippen molar-refractivity contribution in [3.63, 3.8) is 0 Å². The van der Waals surface area contributed by atoms with Crippen LogP contribution in [0.4, 0.5) is 0 Å². The van der Waals surface area contributed by atoms with E-state index >= 15 is 0 Å². The number of benzene rings is 4. The molecule has 3 heterocycles. The minimum absolute atomic E-state index is 0. The van der Waals surface area contributed by atoms with Crippen molar-refractivity contribution in [2.45, 2.75) is 13.8 Å². The largest absolute Gasteiger partial charge is 0.512 e. The third-order valence-corrected chi connectivity index (χ3v) is 8.15. The SMILES string of the molecule is CC(=O)/C=C(/C)O.[CH2-][n+]1c(-c2[c-]ccc3c2sc2ncccc23)cc(-c2ccccc2)c2c3ccccc3ccc21.[Ir]. The quantitative estimate of drug-likeness (QED) is 0.0648. The van der Waals surface area contributed by atoms with Crippen molar-refractivity contribution >= 4 is 59.1 Å². The number of pyridine rings is 2. The van der Waals surface area contributed by atoms with Crippen LogP contribution in [0.5, 0.6) is 0 Å². The van der Waals surface area contributed by atoms with Crippen molar-refractivity contribution in [1.29, 1.82) is 0 Å². The zero-order valence-electron chi connectivity index (χ0n) is 23.1. The van der Waals surface area contributed by atoms with Gasteiger partial charge < -0.3 is 9.67 Å². The Morgan fingerprint density at radius 1 is 0.929 bits per heavy atom. The van der Waals surface area contributed by atoms with Crippen LogP contribution >= 0.6 is 11.3 Å². The van der Waals surface area contributed by atoms with Crippen LogP contribution in [0.25, 0.3) is 64.4 Å². The smallest absolute Gasteiger partial charge is 0.155 e. The molecule has 4 aromatic carbocycles. The minimum atomic E-state index is -0.125.